The molecule has 0 bridgehead atoms. The molecule has 1 aliphatic rings. The van der Waals surface area contributed by atoms with Gasteiger partial charge in [0, 0.05) is 13.0 Å². The first-order valence-electron chi connectivity index (χ1n) is 15.4. The molecule has 11 nitrogen and oxygen atoms in total. The smallest absolute Gasteiger partial charge is 0.320 e. The van der Waals surface area contributed by atoms with Crippen LogP contribution in [0.4, 0.5) is 0 Å². The second-order valence-electron chi connectivity index (χ2n) is 11.5. The van der Waals surface area contributed by atoms with Crippen LogP contribution in [0.5, 0.6) is 0 Å². The first-order chi connectivity index (χ1) is 20.4. The standard InChI is InChI=1S/C26H40O5.C6H14N4O2/c1-19(2)31-26(30)13-9-4-3-8-12-22-23(25(29)18-24(22)28)17-16-21(27)15-14-20-10-6-5-7-11-20;7-4(5(11)12)2-1-3-10-6(8)9/h3,5-8,10-11,19,21-25,27-29H,4,9,12-18H2,1-2H3;4H,1-3,7H2,(H,11,12)(H4,8,9,10)/b8-3-;/t21-,22+,23+,24-,25+;4-/m00/s1. The lowest BCUT2D eigenvalue weighted by Crippen LogP contribution is -2.34. The van der Waals surface area contributed by atoms with Crippen molar-refractivity contribution in [2.24, 2.45) is 23.3 Å². The normalized spacial score (nSPS) is 21.2. The molecule has 1 fully saturated rings. The van der Waals surface area contributed by atoms with Crippen molar-refractivity contribution in [3.05, 3.63) is 48.0 Å². The number of benzene rings is 1. The molecule has 0 radical (unpaired) electrons. The number of carbonyl (C=O) groups excluding carboxylic acids is 1. The summed E-state index contributed by atoms with van der Waals surface area (Å²) in [5.41, 5.74) is 11.4. The number of carboxylic acids is 1. The Kier molecular flexibility index (Phi) is 19.2. The summed E-state index contributed by atoms with van der Waals surface area (Å²) in [6.07, 6.45) is 9.55. The fourth-order valence-electron chi connectivity index (χ4n) is 5.14. The van der Waals surface area contributed by atoms with Gasteiger partial charge in [-0.3, -0.25) is 15.0 Å². The van der Waals surface area contributed by atoms with Crippen molar-refractivity contribution in [3.8, 4) is 0 Å². The summed E-state index contributed by atoms with van der Waals surface area (Å²) < 4.78 is 5.12. The van der Waals surface area contributed by atoms with Crippen LogP contribution in [0.15, 0.2) is 42.5 Å². The lowest BCUT2D eigenvalue weighted by Gasteiger charge is -2.23. The van der Waals surface area contributed by atoms with Crippen LogP contribution in [0.2, 0.25) is 0 Å². The summed E-state index contributed by atoms with van der Waals surface area (Å²) in [6.45, 7) is 4.17. The van der Waals surface area contributed by atoms with Crippen LogP contribution in [0, 0.1) is 17.2 Å². The highest BCUT2D eigenvalue weighted by Gasteiger charge is 2.40. The number of hydrogen-bond donors (Lipinski definition) is 8. The van der Waals surface area contributed by atoms with Crippen LogP contribution >= 0.6 is 0 Å². The predicted octanol–water partition coefficient (Wildman–Crippen LogP) is 2.85. The maximum absolute atomic E-state index is 11.5. The average molecular weight is 607 g/mol. The van der Waals surface area contributed by atoms with Gasteiger partial charge in [0.1, 0.15) is 6.04 Å². The molecule has 10 N–H and O–H groups in total. The van der Waals surface area contributed by atoms with Crippen LogP contribution in [0.3, 0.4) is 0 Å². The third-order valence-electron chi connectivity index (χ3n) is 7.48. The van der Waals surface area contributed by atoms with Gasteiger partial charge in [0.25, 0.3) is 0 Å². The number of unbranched alkanes of at least 4 members (excludes halogenated alkanes) is 1. The molecule has 0 aromatic heterocycles. The van der Waals surface area contributed by atoms with E-state index in [1.165, 1.54) is 5.56 Å². The summed E-state index contributed by atoms with van der Waals surface area (Å²) in [5.74, 6) is -1.26. The van der Waals surface area contributed by atoms with Gasteiger partial charge in [0.15, 0.2) is 5.96 Å². The number of hydrogen-bond acceptors (Lipinski definition) is 8. The van der Waals surface area contributed by atoms with Crippen molar-refractivity contribution in [2.45, 2.75) is 115 Å². The Morgan fingerprint density at radius 3 is 2.37 bits per heavy atom. The second-order valence-corrected chi connectivity index (χ2v) is 11.5. The fourth-order valence-corrected chi connectivity index (χ4v) is 5.14. The number of aliphatic hydroxyl groups excluding tert-OH is 3. The van der Waals surface area contributed by atoms with Gasteiger partial charge in [0.2, 0.25) is 0 Å². The molecule has 0 aliphatic heterocycles. The minimum Gasteiger partial charge on any atom is -0.480 e. The molecule has 1 aliphatic carbocycles. The summed E-state index contributed by atoms with van der Waals surface area (Å²) in [6, 6.07) is 9.32. The van der Waals surface area contributed by atoms with Crippen molar-refractivity contribution >= 4 is 17.9 Å². The molecule has 2 rings (SSSR count). The molecule has 244 valence electrons. The Labute approximate surface area is 256 Å². The van der Waals surface area contributed by atoms with Gasteiger partial charge in [0.05, 0.1) is 24.4 Å². The Balaban J connectivity index is 0.000000650. The van der Waals surface area contributed by atoms with E-state index in [1.807, 2.05) is 38.1 Å². The number of allylic oxidation sites excluding steroid dienone is 2. The molecular formula is C32H54N4O7. The second kappa shape index (κ2) is 21.7. The number of nitrogens with one attached hydrogen (secondary N) is 2. The number of aryl methyl sites for hydroxylation is 1. The third-order valence-corrected chi connectivity index (χ3v) is 7.48. The van der Waals surface area contributed by atoms with E-state index < -0.39 is 30.3 Å². The van der Waals surface area contributed by atoms with Gasteiger partial charge >= 0.3 is 11.9 Å². The molecule has 11 heteroatoms. The molecule has 1 aromatic rings. The van der Waals surface area contributed by atoms with Gasteiger partial charge in [-0.2, -0.15) is 0 Å². The number of aliphatic carboxylic acids is 1. The highest BCUT2D eigenvalue weighted by atomic mass is 16.5. The molecular weight excluding hydrogens is 552 g/mol. The topological polar surface area (TPSA) is 212 Å². The monoisotopic (exact) mass is 606 g/mol. The van der Waals surface area contributed by atoms with Crippen molar-refractivity contribution in [3.63, 3.8) is 0 Å². The number of guanidine groups is 1. The molecule has 1 aromatic carbocycles. The fraction of sp³-hybridized carbons (Fsp3) is 0.656. The molecule has 6 atom stereocenters. The van der Waals surface area contributed by atoms with Crippen LogP contribution in [-0.4, -0.2) is 75.3 Å². The van der Waals surface area contributed by atoms with Gasteiger partial charge < -0.3 is 41.9 Å². The number of esters is 1. The summed E-state index contributed by atoms with van der Waals surface area (Å²) in [4.78, 5) is 21.8. The first-order valence-corrected chi connectivity index (χ1v) is 15.4. The van der Waals surface area contributed by atoms with Crippen LogP contribution in [0.1, 0.15) is 83.6 Å². The maximum Gasteiger partial charge on any atom is 0.320 e. The van der Waals surface area contributed by atoms with Crippen LogP contribution < -0.4 is 16.8 Å². The Morgan fingerprint density at radius 2 is 1.74 bits per heavy atom. The summed E-state index contributed by atoms with van der Waals surface area (Å²) >= 11 is 0. The van der Waals surface area contributed by atoms with Crippen molar-refractivity contribution in [1.29, 1.82) is 5.41 Å². The Bertz CT molecular complexity index is 960. The zero-order chi connectivity index (χ0) is 32.2. The highest BCUT2D eigenvalue weighted by molar-refractivity contribution is 5.74. The number of nitrogens with two attached hydrogens (primary N) is 2. The van der Waals surface area contributed by atoms with E-state index in [-0.39, 0.29) is 29.9 Å². The quantitative estimate of drug-likeness (QED) is 0.0402. The Hall–Kier alpha value is -2.99. The van der Waals surface area contributed by atoms with Gasteiger partial charge in [-0.15, -0.1) is 0 Å². The number of aliphatic hydroxyl groups is 3. The lowest BCUT2D eigenvalue weighted by molar-refractivity contribution is -0.147. The minimum atomic E-state index is -1.00. The van der Waals surface area contributed by atoms with E-state index in [0.29, 0.717) is 57.9 Å². The molecule has 0 saturated heterocycles. The number of carboxylic acid groups (broad SMARTS) is 1. The minimum absolute atomic E-state index is 0.00652. The highest BCUT2D eigenvalue weighted by Crippen LogP contribution is 2.38. The van der Waals surface area contributed by atoms with Crippen LogP contribution in [0.25, 0.3) is 0 Å². The number of rotatable bonds is 18. The van der Waals surface area contributed by atoms with Gasteiger partial charge in [-0.05, 0) is 95.5 Å². The SMILES string of the molecule is CC(C)OC(=O)CCC/C=C\C[C@@H]1[C@@H](CC[C@@H](O)CCc2ccccc2)[C@H](O)C[C@@H]1O.N=C(N)NCCC[C@H](N)C(=O)O. The van der Waals surface area contributed by atoms with Crippen molar-refractivity contribution < 1.29 is 34.8 Å². The van der Waals surface area contributed by atoms with E-state index in [0.717, 1.165) is 19.3 Å². The average Bonchev–Trinajstić information content (AvgIpc) is 3.22. The van der Waals surface area contributed by atoms with E-state index in [2.05, 4.69) is 23.5 Å². The van der Waals surface area contributed by atoms with E-state index in [1.54, 1.807) is 0 Å². The van der Waals surface area contributed by atoms with Crippen molar-refractivity contribution in [2.75, 3.05) is 6.54 Å². The molecule has 0 heterocycles. The summed E-state index contributed by atoms with van der Waals surface area (Å²) in [5, 5.41) is 48.9. The van der Waals surface area contributed by atoms with E-state index in [9.17, 15) is 24.9 Å². The molecule has 1 saturated carbocycles. The molecule has 0 spiro atoms. The van der Waals surface area contributed by atoms with Gasteiger partial charge in [-0.25, -0.2) is 0 Å². The summed E-state index contributed by atoms with van der Waals surface area (Å²) in [7, 11) is 0. The number of ether oxygens (including phenoxy) is 1. The predicted molar refractivity (Wildman–Crippen MR) is 167 cm³/mol. The largest absolute Gasteiger partial charge is 0.480 e. The zero-order valence-electron chi connectivity index (χ0n) is 25.7. The van der Waals surface area contributed by atoms with E-state index in [4.69, 9.17) is 26.7 Å². The zero-order valence-corrected chi connectivity index (χ0v) is 25.7. The maximum atomic E-state index is 11.5. The Morgan fingerprint density at radius 1 is 1.07 bits per heavy atom. The first kappa shape index (κ1) is 38.0. The van der Waals surface area contributed by atoms with Crippen molar-refractivity contribution in [1.82, 2.24) is 5.32 Å². The van der Waals surface area contributed by atoms with Crippen LogP contribution in [-0.2, 0) is 20.7 Å². The molecule has 43 heavy (non-hydrogen) atoms. The molecule has 0 unspecified atom stereocenters. The molecule has 0 amide bonds. The van der Waals surface area contributed by atoms with E-state index >= 15 is 0 Å². The third kappa shape index (κ3) is 17.7. The lowest BCUT2D eigenvalue weighted by atomic mass is 9.85. The van der Waals surface area contributed by atoms with Gasteiger partial charge in [-0.1, -0.05) is 42.5 Å². The number of carbonyl (C=O) groups is 2.